The molecular weight excluding hydrogens is 298 g/mol. The Morgan fingerprint density at radius 1 is 1.10 bits per heavy atom. The summed E-state index contributed by atoms with van der Waals surface area (Å²) in [6, 6.07) is 9.73. The van der Waals surface area contributed by atoms with Crippen molar-refractivity contribution in [3.05, 3.63) is 30.3 Å². The van der Waals surface area contributed by atoms with Crippen LogP contribution in [0.2, 0.25) is 0 Å². The van der Waals surface area contributed by atoms with E-state index in [1.54, 1.807) is 0 Å². The average Bonchev–Trinajstić information content (AvgIpc) is 2.41. The first-order chi connectivity index (χ1) is 9.58. The Hall–Kier alpha value is -0.760. The number of para-hydroxylation sites is 1. The molecule has 5 nitrogen and oxygen atoms in total. The topological polar surface area (TPSA) is 75.6 Å². The maximum Gasteiger partial charge on any atom is 0.319 e. The van der Waals surface area contributed by atoms with Gasteiger partial charge in [0.25, 0.3) is 0 Å². The highest BCUT2D eigenvalue weighted by molar-refractivity contribution is 8.69. The highest BCUT2D eigenvalue weighted by Gasteiger charge is 2.03. The molecule has 0 atom stereocenters. The van der Waals surface area contributed by atoms with Crippen LogP contribution in [0.3, 0.4) is 0 Å². The summed E-state index contributed by atoms with van der Waals surface area (Å²) in [4.78, 5) is 0. The Morgan fingerprint density at radius 3 is 2.55 bits per heavy atom. The van der Waals surface area contributed by atoms with Crippen LogP contribution in [0.15, 0.2) is 30.3 Å². The van der Waals surface area contributed by atoms with Crippen molar-refractivity contribution in [3.8, 4) is 5.75 Å². The summed E-state index contributed by atoms with van der Waals surface area (Å²) < 4.78 is 34.9. The number of benzene rings is 1. The van der Waals surface area contributed by atoms with Gasteiger partial charge in [0.05, 0.1) is 6.61 Å². The van der Waals surface area contributed by atoms with E-state index in [0.717, 1.165) is 31.6 Å². The van der Waals surface area contributed by atoms with Crippen LogP contribution >= 0.6 is 10.8 Å². The van der Waals surface area contributed by atoms with E-state index in [-0.39, 0.29) is 0 Å². The fraction of sp³-hybridized carbons (Fsp3) is 0.538. The van der Waals surface area contributed by atoms with Crippen LogP contribution in [0.1, 0.15) is 19.3 Å². The van der Waals surface area contributed by atoms with Gasteiger partial charge in [-0.3, -0.25) is 4.55 Å². The Balaban J connectivity index is 1.86. The maximum atomic E-state index is 10.4. The quantitative estimate of drug-likeness (QED) is 0.370. The maximum absolute atomic E-state index is 10.4. The van der Waals surface area contributed by atoms with Gasteiger partial charge in [-0.15, -0.1) is 0 Å². The van der Waals surface area contributed by atoms with Crippen molar-refractivity contribution >= 4 is 19.9 Å². The molecule has 0 unspecified atom stereocenters. The molecule has 0 saturated carbocycles. The summed E-state index contributed by atoms with van der Waals surface area (Å²) in [6.07, 6.45) is 3.08. The number of rotatable bonds is 11. The number of ether oxygens (including phenoxy) is 1. The minimum atomic E-state index is -3.90. The van der Waals surface area contributed by atoms with Crippen LogP contribution < -0.4 is 10.1 Å². The van der Waals surface area contributed by atoms with Crippen LogP contribution in [-0.4, -0.2) is 38.4 Å². The number of unbranched alkanes of at least 4 members (excludes halogenated alkanes) is 2. The zero-order valence-corrected chi connectivity index (χ0v) is 13.0. The summed E-state index contributed by atoms with van der Waals surface area (Å²) >= 11 is 0. The minimum absolute atomic E-state index is 0.357. The number of hydrogen-bond acceptors (Lipinski definition) is 5. The lowest BCUT2D eigenvalue weighted by Gasteiger charge is -2.06. The van der Waals surface area contributed by atoms with Crippen molar-refractivity contribution in [2.75, 3.05) is 25.4 Å². The highest BCUT2D eigenvalue weighted by Crippen LogP contribution is 2.09. The van der Waals surface area contributed by atoms with Gasteiger partial charge in [-0.2, -0.15) is 8.42 Å². The van der Waals surface area contributed by atoms with Crippen LogP contribution in [0, 0.1) is 0 Å². The van der Waals surface area contributed by atoms with E-state index in [0.29, 0.717) is 29.7 Å². The molecule has 0 aliphatic heterocycles. The third-order valence-corrected chi connectivity index (χ3v) is 4.58. The first-order valence-electron chi connectivity index (χ1n) is 6.58. The predicted molar refractivity (Wildman–Crippen MR) is 82.7 cm³/mol. The smallest absolute Gasteiger partial charge is 0.319 e. The summed E-state index contributed by atoms with van der Waals surface area (Å²) in [6.45, 7) is 2.13. The molecule has 7 heteroatoms. The molecule has 0 bridgehead atoms. The van der Waals surface area contributed by atoms with Gasteiger partial charge in [0.15, 0.2) is 0 Å². The van der Waals surface area contributed by atoms with Gasteiger partial charge in [0, 0.05) is 12.3 Å². The normalized spacial score (nSPS) is 11.4. The Morgan fingerprint density at radius 2 is 1.85 bits per heavy atom. The summed E-state index contributed by atoms with van der Waals surface area (Å²) in [5.74, 6) is 1.25. The number of hydrogen-bond donors (Lipinski definition) is 2. The van der Waals surface area contributed by atoms with Crippen molar-refractivity contribution in [1.82, 2.24) is 5.32 Å². The third kappa shape index (κ3) is 10.1. The van der Waals surface area contributed by atoms with Gasteiger partial charge in [0.2, 0.25) is 0 Å². The molecule has 0 aliphatic carbocycles. The van der Waals surface area contributed by atoms with E-state index in [4.69, 9.17) is 9.29 Å². The standard InChI is InChI=1S/C13H21NO4S2/c15-20(16,17)19-12-10-14-9-5-2-6-11-18-13-7-3-1-4-8-13/h1,3-4,7-8,14H,2,5-6,9-12H2,(H,15,16,17). The second-order valence-corrected chi connectivity index (χ2v) is 7.69. The van der Waals surface area contributed by atoms with Gasteiger partial charge in [-0.1, -0.05) is 18.2 Å². The summed E-state index contributed by atoms with van der Waals surface area (Å²) in [7, 11) is -3.35. The van der Waals surface area contributed by atoms with Crippen LogP contribution in [-0.2, 0) is 9.15 Å². The molecular formula is C13H21NO4S2. The molecule has 2 N–H and O–H groups in total. The molecule has 0 aliphatic rings. The molecule has 0 saturated heterocycles. The Labute approximate surface area is 124 Å². The van der Waals surface area contributed by atoms with Crippen molar-refractivity contribution in [1.29, 1.82) is 0 Å². The third-order valence-electron chi connectivity index (χ3n) is 2.52. The summed E-state index contributed by atoms with van der Waals surface area (Å²) in [5.41, 5.74) is 0. The van der Waals surface area contributed by atoms with Gasteiger partial charge < -0.3 is 10.1 Å². The van der Waals surface area contributed by atoms with E-state index in [1.807, 2.05) is 30.3 Å². The van der Waals surface area contributed by atoms with E-state index in [1.165, 1.54) is 0 Å². The molecule has 20 heavy (non-hydrogen) atoms. The lowest BCUT2D eigenvalue weighted by atomic mass is 10.2. The molecule has 0 amide bonds. The van der Waals surface area contributed by atoms with Crippen molar-refractivity contribution in [2.24, 2.45) is 0 Å². The number of nitrogens with one attached hydrogen (secondary N) is 1. The van der Waals surface area contributed by atoms with Gasteiger partial charge >= 0.3 is 9.15 Å². The second kappa shape index (κ2) is 10.0. The SMILES string of the molecule is O=S(=O)(O)SCCNCCCCCOc1ccccc1. The largest absolute Gasteiger partial charge is 0.494 e. The van der Waals surface area contributed by atoms with Crippen molar-refractivity contribution < 1.29 is 17.7 Å². The minimum Gasteiger partial charge on any atom is -0.494 e. The molecule has 0 radical (unpaired) electrons. The molecule has 1 rings (SSSR count). The zero-order valence-electron chi connectivity index (χ0n) is 11.3. The van der Waals surface area contributed by atoms with E-state index >= 15 is 0 Å². The molecule has 1 aromatic carbocycles. The summed E-state index contributed by atoms with van der Waals surface area (Å²) in [5, 5.41) is 3.13. The first kappa shape index (κ1) is 17.3. The molecule has 0 heterocycles. The van der Waals surface area contributed by atoms with Crippen LogP contribution in [0.25, 0.3) is 0 Å². The van der Waals surface area contributed by atoms with Gasteiger partial charge in [-0.25, -0.2) is 0 Å². The Kier molecular flexibility index (Phi) is 8.68. The lowest BCUT2D eigenvalue weighted by Crippen LogP contribution is -2.19. The lowest BCUT2D eigenvalue weighted by molar-refractivity contribution is 0.305. The van der Waals surface area contributed by atoms with Crippen molar-refractivity contribution in [3.63, 3.8) is 0 Å². The van der Waals surface area contributed by atoms with E-state index < -0.39 is 9.15 Å². The first-order valence-corrected chi connectivity index (χ1v) is 9.52. The molecule has 1 aromatic rings. The van der Waals surface area contributed by atoms with Crippen LogP contribution in [0.5, 0.6) is 5.75 Å². The fourth-order valence-corrected chi connectivity index (χ4v) is 2.90. The van der Waals surface area contributed by atoms with Crippen LogP contribution in [0.4, 0.5) is 0 Å². The molecule has 0 aromatic heterocycles. The highest BCUT2D eigenvalue weighted by atomic mass is 33.1. The second-order valence-electron chi connectivity index (χ2n) is 4.22. The predicted octanol–water partition coefficient (Wildman–Crippen LogP) is 2.36. The molecule has 0 fully saturated rings. The zero-order chi connectivity index (χ0) is 14.7. The van der Waals surface area contributed by atoms with Crippen molar-refractivity contribution in [2.45, 2.75) is 19.3 Å². The monoisotopic (exact) mass is 319 g/mol. The van der Waals surface area contributed by atoms with Gasteiger partial charge in [-0.05, 0) is 48.7 Å². The van der Waals surface area contributed by atoms with E-state index in [2.05, 4.69) is 5.32 Å². The molecule has 0 spiro atoms. The van der Waals surface area contributed by atoms with Gasteiger partial charge in [0.1, 0.15) is 5.75 Å². The Bertz CT molecular complexity index is 451. The fourth-order valence-electron chi connectivity index (χ4n) is 1.58. The molecule has 114 valence electrons. The average molecular weight is 319 g/mol. The van der Waals surface area contributed by atoms with E-state index in [9.17, 15) is 8.42 Å².